The van der Waals surface area contributed by atoms with Crippen LogP contribution in [0.25, 0.3) is 10.8 Å². The zero-order valence-electron chi connectivity index (χ0n) is 14.1. The lowest BCUT2D eigenvalue weighted by molar-refractivity contribution is -0.134. The van der Waals surface area contributed by atoms with E-state index < -0.39 is 11.9 Å². The molecule has 27 heavy (non-hydrogen) atoms. The molecule has 1 unspecified atom stereocenters. The highest BCUT2D eigenvalue weighted by Gasteiger charge is 2.41. The third-order valence-electron chi connectivity index (χ3n) is 5.02. The van der Waals surface area contributed by atoms with E-state index in [4.69, 9.17) is 0 Å². The highest BCUT2D eigenvalue weighted by molar-refractivity contribution is 6.27. The van der Waals surface area contributed by atoms with Gasteiger partial charge in [-0.25, -0.2) is 0 Å². The van der Waals surface area contributed by atoms with E-state index in [0.29, 0.717) is 24.1 Å². The number of piperidine rings is 1. The van der Waals surface area contributed by atoms with Gasteiger partial charge in [0.25, 0.3) is 5.91 Å². The molecule has 0 bridgehead atoms. The summed E-state index contributed by atoms with van der Waals surface area (Å²) in [7, 11) is 0. The van der Waals surface area contributed by atoms with Crippen molar-refractivity contribution >= 4 is 34.2 Å². The van der Waals surface area contributed by atoms with Gasteiger partial charge in [-0.05, 0) is 12.5 Å². The Hall–Kier alpha value is -3.62. The van der Waals surface area contributed by atoms with E-state index >= 15 is 0 Å². The fourth-order valence-electron chi connectivity index (χ4n) is 3.80. The molecule has 4 heterocycles. The number of carbonyl (C=O) groups excluding carboxylic acids is 3. The van der Waals surface area contributed by atoms with E-state index in [9.17, 15) is 14.4 Å². The summed E-state index contributed by atoms with van der Waals surface area (Å²) < 4.78 is 0. The molecular weight excluding hydrogens is 348 g/mol. The van der Waals surface area contributed by atoms with Crippen LogP contribution in [-0.2, 0) is 16.0 Å². The van der Waals surface area contributed by atoms with E-state index in [1.807, 2.05) is 6.07 Å². The maximum atomic E-state index is 13.0. The minimum Gasteiger partial charge on any atom is -0.295 e. The fraction of sp³-hybridized carbons (Fsp3) is 0.222. The SMILES string of the molecule is O=C1CCC(N2C(=O)c3cccc4c(Cc5cn[nH]n5)ncc2c34)C(=O)N1. The molecule has 2 aliphatic heterocycles. The number of nitrogens with one attached hydrogen (secondary N) is 2. The maximum Gasteiger partial charge on any atom is 0.259 e. The van der Waals surface area contributed by atoms with Crippen LogP contribution < -0.4 is 10.2 Å². The van der Waals surface area contributed by atoms with Gasteiger partial charge in [-0.3, -0.25) is 29.6 Å². The molecule has 0 radical (unpaired) electrons. The number of imide groups is 1. The van der Waals surface area contributed by atoms with E-state index in [1.54, 1.807) is 24.5 Å². The number of amides is 3. The summed E-state index contributed by atoms with van der Waals surface area (Å²) in [5.41, 5.74) is 2.66. The molecule has 1 atom stereocenters. The standard InChI is InChI=1S/C18H14N6O3/c25-15-5-4-13(17(26)21-15)24-14-8-19-12(6-9-7-20-23-22-9)10-2-1-3-11(16(10)14)18(24)27/h1-3,7-8,13H,4-6H2,(H,20,22,23)(H,21,25,26). The summed E-state index contributed by atoms with van der Waals surface area (Å²) >= 11 is 0. The number of hydrogen-bond acceptors (Lipinski definition) is 6. The van der Waals surface area contributed by atoms with Gasteiger partial charge < -0.3 is 0 Å². The summed E-state index contributed by atoms with van der Waals surface area (Å²) in [4.78, 5) is 42.8. The predicted octanol–water partition coefficient (Wildman–Crippen LogP) is 0.709. The van der Waals surface area contributed by atoms with E-state index in [0.717, 1.165) is 22.2 Å². The average molecular weight is 362 g/mol. The van der Waals surface area contributed by atoms with Gasteiger partial charge in [0, 0.05) is 29.2 Å². The van der Waals surface area contributed by atoms with Crippen molar-refractivity contribution in [1.82, 2.24) is 25.7 Å². The minimum atomic E-state index is -0.714. The number of anilines is 1. The van der Waals surface area contributed by atoms with Crippen molar-refractivity contribution in [3.05, 3.63) is 47.5 Å². The quantitative estimate of drug-likeness (QED) is 0.662. The predicted molar refractivity (Wildman–Crippen MR) is 93.9 cm³/mol. The number of rotatable bonds is 3. The molecule has 2 N–H and O–H groups in total. The molecule has 3 aromatic rings. The van der Waals surface area contributed by atoms with Crippen molar-refractivity contribution in [3.63, 3.8) is 0 Å². The third-order valence-corrected chi connectivity index (χ3v) is 5.02. The van der Waals surface area contributed by atoms with Crippen LogP contribution >= 0.6 is 0 Å². The second-order valence-electron chi connectivity index (χ2n) is 6.60. The molecule has 1 saturated heterocycles. The Labute approximate surface area is 152 Å². The zero-order valence-corrected chi connectivity index (χ0v) is 14.1. The summed E-state index contributed by atoms with van der Waals surface area (Å²) in [6.45, 7) is 0. The Morgan fingerprint density at radius 2 is 2.07 bits per heavy atom. The van der Waals surface area contributed by atoms with Crippen LogP contribution in [0.5, 0.6) is 0 Å². The molecule has 2 aliphatic rings. The van der Waals surface area contributed by atoms with Crippen molar-refractivity contribution in [2.75, 3.05) is 4.90 Å². The number of benzene rings is 1. The maximum absolute atomic E-state index is 13.0. The second-order valence-corrected chi connectivity index (χ2v) is 6.60. The van der Waals surface area contributed by atoms with E-state index in [-0.39, 0.29) is 18.2 Å². The lowest BCUT2D eigenvalue weighted by Gasteiger charge is -2.30. The molecule has 0 spiro atoms. The van der Waals surface area contributed by atoms with Crippen LogP contribution in [-0.4, -0.2) is 44.2 Å². The fourth-order valence-corrected chi connectivity index (χ4v) is 3.80. The van der Waals surface area contributed by atoms with E-state index in [1.165, 1.54) is 4.90 Å². The minimum absolute atomic E-state index is 0.206. The number of pyridine rings is 1. The average Bonchev–Trinajstić information content (AvgIpc) is 3.26. The van der Waals surface area contributed by atoms with Crippen LogP contribution in [0.1, 0.15) is 34.6 Å². The molecule has 0 aliphatic carbocycles. The number of nitrogens with zero attached hydrogens (tertiary/aromatic N) is 4. The molecule has 9 nitrogen and oxygen atoms in total. The molecule has 5 rings (SSSR count). The largest absolute Gasteiger partial charge is 0.295 e. The molecule has 2 aromatic heterocycles. The summed E-state index contributed by atoms with van der Waals surface area (Å²) in [6, 6.07) is 4.75. The van der Waals surface area contributed by atoms with Crippen LogP contribution in [0.3, 0.4) is 0 Å². The first-order valence-electron chi connectivity index (χ1n) is 8.56. The van der Waals surface area contributed by atoms with Gasteiger partial charge in [0.2, 0.25) is 11.8 Å². The Bertz CT molecular complexity index is 1110. The number of aromatic nitrogens is 4. The normalized spacial score (nSPS) is 19.0. The lowest BCUT2D eigenvalue weighted by atomic mass is 10.0. The molecule has 1 fully saturated rings. The lowest BCUT2D eigenvalue weighted by Crippen LogP contribution is -2.53. The molecule has 9 heteroatoms. The summed E-state index contributed by atoms with van der Waals surface area (Å²) in [6.07, 6.45) is 4.23. The Kier molecular flexibility index (Phi) is 3.30. The summed E-state index contributed by atoms with van der Waals surface area (Å²) in [5.74, 6) is -1.01. The topological polar surface area (TPSA) is 121 Å². The Morgan fingerprint density at radius 3 is 2.85 bits per heavy atom. The highest BCUT2D eigenvalue weighted by atomic mass is 16.2. The van der Waals surface area contributed by atoms with Crippen LogP contribution in [0, 0.1) is 0 Å². The molecule has 0 saturated carbocycles. The Balaban J connectivity index is 1.62. The number of hydrogen-bond donors (Lipinski definition) is 2. The van der Waals surface area contributed by atoms with Gasteiger partial charge >= 0.3 is 0 Å². The van der Waals surface area contributed by atoms with Crippen LogP contribution in [0.15, 0.2) is 30.6 Å². The molecular formula is C18H14N6O3. The van der Waals surface area contributed by atoms with Crippen molar-refractivity contribution in [2.24, 2.45) is 0 Å². The van der Waals surface area contributed by atoms with Gasteiger partial charge in [-0.1, -0.05) is 12.1 Å². The number of carbonyl (C=O) groups is 3. The molecule has 3 amide bonds. The number of H-pyrrole nitrogens is 1. The molecule has 134 valence electrons. The third kappa shape index (κ3) is 2.31. The van der Waals surface area contributed by atoms with Gasteiger partial charge in [0.15, 0.2) is 0 Å². The van der Waals surface area contributed by atoms with Gasteiger partial charge in [-0.15, -0.1) is 0 Å². The monoisotopic (exact) mass is 362 g/mol. The van der Waals surface area contributed by atoms with Gasteiger partial charge in [0.1, 0.15) is 6.04 Å². The van der Waals surface area contributed by atoms with Gasteiger partial charge in [-0.2, -0.15) is 15.4 Å². The molecule has 1 aromatic carbocycles. The summed E-state index contributed by atoms with van der Waals surface area (Å²) in [5, 5.41) is 14.4. The van der Waals surface area contributed by atoms with Crippen LogP contribution in [0.4, 0.5) is 5.69 Å². The van der Waals surface area contributed by atoms with Crippen LogP contribution in [0.2, 0.25) is 0 Å². The Morgan fingerprint density at radius 1 is 1.19 bits per heavy atom. The first kappa shape index (κ1) is 15.6. The van der Waals surface area contributed by atoms with Crippen molar-refractivity contribution in [3.8, 4) is 0 Å². The van der Waals surface area contributed by atoms with Gasteiger partial charge in [0.05, 0.1) is 29.5 Å². The smallest absolute Gasteiger partial charge is 0.259 e. The van der Waals surface area contributed by atoms with Crippen molar-refractivity contribution < 1.29 is 14.4 Å². The first-order chi connectivity index (χ1) is 13.1. The van der Waals surface area contributed by atoms with Crippen molar-refractivity contribution in [2.45, 2.75) is 25.3 Å². The van der Waals surface area contributed by atoms with Crippen molar-refractivity contribution in [1.29, 1.82) is 0 Å². The first-order valence-corrected chi connectivity index (χ1v) is 8.56. The van der Waals surface area contributed by atoms with E-state index in [2.05, 4.69) is 25.7 Å². The highest BCUT2D eigenvalue weighted by Crippen LogP contribution is 2.40. The second kappa shape index (κ2) is 5.70. The zero-order chi connectivity index (χ0) is 18.5. The number of aromatic amines is 1.